The highest BCUT2D eigenvalue weighted by atomic mass is 16.3. The van der Waals surface area contributed by atoms with E-state index in [1.54, 1.807) is 6.20 Å². The summed E-state index contributed by atoms with van der Waals surface area (Å²) in [6, 6.07) is 55.6. The molecule has 0 fully saturated rings. The maximum absolute atomic E-state index is 8.93. The van der Waals surface area contributed by atoms with E-state index in [2.05, 4.69) is 97.9 Å². The first-order valence-corrected chi connectivity index (χ1v) is 19.3. The van der Waals surface area contributed by atoms with Crippen LogP contribution in [0.2, 0.25) is 0 Å². The van der Waals surface area contributed by atoms with Crippen molar-refractivity contribution in [2.24, 2.45) is 0 Å². The fraction of sp³-hybridized carbons (Fsp3) is 0.113. The number of aryl methyl sites for hydroxylation is 1. The first kappa shape index (κ1) is 31.3. The first-order chi connectivity index (χ1) is 29.1. The van der Waals surface area contributed by atoms with E-state index in [0.29, 0.717) is 28.2 Å². The molecule has 57 heavy (non-hydrogen) atoms. The Bertz CT molecular complexity index is 3140. The minimum atomic E-state index is -2.47. The zero-order chi connectivity index (χ0) is 41.2. The third-order valence-electron chi connectivity index (χ3n) is 12.1. The number of benzene rings is 6. The highest BCUT2D eigenvalue weighted by Crippen LogP contribution is 2.47. The van der Waals surface area contributed by atoms with Crippen molar-refractivity contribution in [3.63, 3.8) is 0 Å². The van der Waals surface area contributed by atoms with Crippen molar-refractivity contribution in [2.45, 2.75) is 38.5 Å². The van der Waals surface area contributed by atoms with Crippen LogP contribution >= 0.6 is 0 Å². The lowest BCUT2D eigenvalue weighted by Gasteiger charge is -2.32. The molecule has 4 nitrogen and oxygen atoms in total. The van der Waals surface area contributed by atoms with Crippen molar-refractivity contribution in [1.82, 2.24) is 15.0 Å². The minimum absolute atomic E-state index is 0.209. The molecule has 10 aromatic rings. The summed E-state index contributed by atoms with van der Waals surface area (Å²) in [6.07, 6.45) is 3.59. The molecule has 2 atom stereocenters. The molecular weight excluding hydrogens is 695 g/mol. The van der Waals surface area contributed by atoms with Crippen LogP contribution in [0.1, 0.15) is 62.9 Å². The molecule has 0 saturated heterocycles. The summed E-state index contributed by atoms with van der Waals surface area (Å²) in [5, 5.41) is 6.50. The standard InChI is InChI=1S/C53H41N3O/c1-34-31-45(56-51(35(34)2)53(4,38-20-9-6-10-21-38)48-24-14-16-30-55-48)43-32-39(52(3,37-18-7-5-8-19-37)47-23-13-15-29-54-47)33-44-49-42-26-25-36-17-11-12-22-40(36)41(42)27-28-46(49)57-50(43)44/h5-33H,1-4H3/i2D3. The molecular formula is C53H41N3O. The van der Waals surface area contributed by atoms with Crippen LogP contribution in [0, 0.1) is 13.8 Å². The van der Waals surface area contributed by atoms with Gasteiger partial charge in [-0.25, -0.2) is 0 Å². The normalized spacial score (nSPS) is 14.9. The van der Waals surface area contributed by atoms with E-state index in [1.807, 2.05) is 92.8 Å². The van der Waals surface area contributed by atoms with Crippen molar-refractivity contribution in [3.8, 4) is 11.3 Å². The van der Waals surface area contributed by atoms with Crippen LogP contribution in [0.4, 0.5) is 0 Å². The molecule has 0 aliphatic carbocycles. The van der Waals surface area contributed by atoms with Gasteiger partial charge in [0.1, 0.15) is 11.2 Å². The Labute approximate surface area is 336 Å². The molecule has 0 amide bonds. The minimum Gasteiger partial charge on any atom is -0.455 e. The highest BCUT2D eigenvalue weighted by Gasteiger charge is 2.38. The Morgan fingerprint density at radius 2 is 1.18 bits per heavy atom. The van der Waals surface area contributed by atoms with Crippen molar-refractivity contribution < 1.29 is 8.53 Å². The maximum Gasteiger partial charge on any atom is 0.144 e. The molecule has 0 aliphatic rings. The van der Waals surface area contributed by atoms with E-state index < -0.39 is 17.7 Å². The predicted molar refractivity (Wildman–Crippen MR) is 234 cm³/mol. The number of rotatable bonds is 7. The molecule has 0 radical (unpaired) electrons. The van der Waals surface area contributed by atoms with E-state index in [9.17, 15) is 0 Å². The van der Waals surface area contributed by atoms with Crippen LogP contribution in [-0.2, 0) is 10.8 Å². The van der Waals surface area contributed by atoms with Gasteiger partial charge >= 0.3 is 0 Å². The lowest BCUT2D eigenvalue weighted by molar-refractivity contribution is 0.635. The van der Waals surface area contributed by atoms with Gasteiger partial charge in [0.2, 0.25) is 0 Å². The van der Waals surface area contributed by atoms with Gasteiger partial charge in [-0.2, -0.15) is 0 Å². The van der Waals surface area contributed by atoms with Crippen LogP contribution in [0.5, 0.6) is 0 Å². The van der Waals surface area contributed by atoms with Gasteiger partial charge in [0.15, 0.2) is 0 Å². The molecule has 4 aromatic heterocycles. The Morgan fingerprint density at radius 3 is 1.86 bits per heavy atom. The summed E-state index contributed by atoms with van der Waals surface area (Å²) >= 11 is 0. The number of fused-ring (bicyclic) bond motifs is 7. The van der Waals surface area contributed by atoms with Crippen LogP contribution in [0.3, 0.4) is 0 Å². The van der Waals surface area contributed by atoms with Crippen LogP contribution in [0.25, 0.3) is 54.7 Å². The largest absolute Gasteiger partial charge is 0.455 e. The van der Waals surface area contributed by atoms with Gasteiger partial charge in [0.05, 0.1) is 33.6 Å². The Morgan fingerprint density at radius 1 is 0.544 bits per heavy atom. The Kier molecular flexibility index (Phi) is 7.35. The summed E-state index contributed by atoms with van der Waals surface area (Å²) in [4.78, 5) is 15.3. The van der Waals surface area contributed by atoms with Gasteiger partial charge in [-0.05, 0) is 126 Å². The predicted octanol–water partition coefficient (Wildman–Crippen LogP) is 13.1. The molecule has 4 heterocycles. The van der Waals surface area contributed by atoms with Crippen LogP contribution < -0.4 is 0 Å². The number of hydrogen-bond donors (Lipinski definition) is 0. The summed E-state index contributed by atoms with van der Waals surface area (Å²) in [5.74, 6) is 0. The van der Waals surface area contributed by atoms with Gasteiger partial charge < -0.3 is 4.42 Å². The molecule has 0 N–H and O–H groups in total. The number of hydrogen-bond acceptors (Lipinski definition) is 4. The summed E-state index contributed by atoms with van der Waals surface area (Å²) < 4.78 is 33.8. The number of pyridine rings is 3. The van der Waals surface area contributed by atoms with Gasteiger partial charge in [0.25, 0.3) is 0 Å². The van der Waals surface area contributed by atoms with E-state index in [1.165, 1.54) is 10.8 Å². The summed E-state index contributed by atoms with van der Waals surface area (Å²) in [7, 11) is 0. The van der Waals surface area contributed by atoms with Crippen molar-refractivity contribution in [2.75, 3.05) is 0 Å². The Hall–Kier alpha value is -6.91. The first-order valence-electron chi connectivity index (χ1n) is 20.8. The lowest BCUT2D eigenvalue weighted by Crippen LogP contribution is -2.29. The van der Waals surface area contributed by atoms with E-state index in [-0.39, 0.29) is 5.56 Å². The topological polar surface area (TPSA) is 51.8 Å². The quantitative estimate of drug-likeness (QED) is 0.153. The molecule has 0 spiro atoms. The van der Waals surface area contributed by atoms with Crippen LogP contribution in [0.15, 0.2) is 181 Å². The zero-order valence-corrected chi connectivity index (χ0v) is 32.0. The molecule has 6 aromatic carbocycles. The van der Waals surface area contributed by atoms with Gasteiger partial charge in [-0.3, -0.25) is 15.0 Å². The highest BCUT2D eigenvalue weighted by molar-refractivity contribution is 6.25. The lowest BCUT2D eigenvalue weighted by atomic mass is 9.72. The molecule has 0 bridgehead atoms. The fourth-order valence-corrected chi connectivity index (χ4v) is 8.85. The third-order valence-corrected chi connectivity index (χ3v) is 12.1. The van der Waals surface area contributed by atoms with Crippen molar-refractivity contribution >= 4 is 43.5 Å². The second kappa shape index (κ2) is 13.4. The third kappa shape index (κ3) is 5.39. The smallest absolute Gasteiger partial charge is 0.144 e. The summed E-state index contributed by atoms with van der Waals surface area (Å²) in [5.41, 5.74) is 6.80. The molecule has 0 aliphatic heterocycles. The number of furan rings is 1. The average Bonchev–Trinajstić information content (AvgIpc) is 3.67. The molecule has 0 saturated carbocycles. The fourth-order valence-electron chi connectivity index (χ4n) is 8.85. The maximum atomic E-state index is 8.93. The van der Waals surface area contributed by atoms with Gasteiger partial charge in [-0.1, -0.05) is 115 Å². The van der Waals surface area contributed by atoms with E-state index >= 15 is 0 Å². The van der Waals surface area contributed by atoms with Crippen LogP contribution in [-0.4, -0.2) is 15.0 Å². The van der Waals surface area contributed by atoms with Crippen molar-refractivity contribution in [1.29, 1.82) is 0 Å². The monoisotopic (exact) mass is 738 g/mol. The second-order valence-corrected chi connectivity index (χ2v) is 15.3. The molecule has 10 rings (SSSR count). The second-order valence-electron chi connectivity index (χ2n) is 15.3. The average molecular weight is 739 g/mol. The van der Waals surface area contributed by atoms with E-state index in [0.717, 1.165) is 55.1 Å². The van der Waals surface area contributed by atoms with E-state index in [4.69, 9.17) is 23.5 Å². The molecule has 4 heteroatoms. The number of nitrogens with zero attached hydrogens (tertiary/aromatic N) is 3. The Balaban J connectivity index is 1.36. The SMILES string of the molecule is [2H]C([2H])([2H])c1c(C)cc(-c2cc(C(C)(c3ccccc3)c3ccccn3)cc3c2oc2ccc4c5ccccc5ccc4c23)nc1C(C)(c1ccccc1)c1ccccn1. The molecule has 2 unspecified atom stereocenters. The zero-order valence-electron chi connectivity index (χ0n) is 35.0. The van der Waals surface area contributed by atoms with Gasteiger partial charge in [-0.15, -0.1) is 0 Å². The van der Waals surface area contributed by atoms with Crippen molar-refractivity contribution in [3.05, 3.63) is 221 Å². The summed E-state index contributed by atoms with van der Waals surface area (Å²) in [6.45, 7) is 3.65. The van der Waals surface area contributed by atoms with Gasteiger partial charge in [0, 0.05) is 32.8 Å². The number of aromatic nitrogens is 3. The molecule has 274 valence electrons.